The van der Waals surface area contributed by atoms with Gasteiger partial charge in [0.1, 0.15) is 11.6 Å². The molecule has 3 amide bonds. The van der Waals surface area contributed by atoms with E-state index in [9.17, 15) is 14.4 Å². The molecule has 0 spiro atoms. The van der Waals surface area contributed by atoms with E-state index in [1.807, 2.05) is 6.92 Å². The summed E-state index contributed by atoms with van der Waals surface area (Å²) >= 11 is 0. The van der Waals surface area contributed by atoms with Crippen molar-refractivity contribution >= 4 is 23.6 Å². The minimum atomic E-state index is -0.621. The number of hydrogen-bond acceptors (Lipinski definition) is 4. The average molecular weight is 399 g/mol. The van der Waals surface area contributed by atoms with E-state index in [1.54, 1.807) is 48.8 Å². The lowest BCUT2D eigenvalue weighted by molar-refractivity contribution is -0.136. The summed E-state index contributed by atoms with van der Waals surface area (Å²) in [4.78, 5) is 41.6. The van der Waals surface area contributed by atoms with Gasteiger partial charge < -0.3 is 14.5 Å². The van der Waals surface area contributed by atoms with E-state index in [0.717, 1.165) is 12.1 Å². The van der Waals surface area contributed by atoms with Crippen LogP contribution in [0.15, 0.2) is 30.5 Å². The van der Waals surface area contributed by atoms with Gasteiger partial charge in [-0.25, -0.2) is 4.79 Å². The maximum Gasteiger partial charge on any atom is 0.412 e. The smallest absolute Gasteiger partial charge is 0.412 e. The van der Waals surface area contributed by atoms with Crippen molar-refractivity contribution < 1.29 is 19.1 Å². The highest BCUT2D eigenvalue weighted by Crippen LogP contribution is 2.34. The first kappa shape index (κ1) is 20.9. The number of amides is 3. The molecule has 2 aliphatic heterocycles. The highest BCUT2D eigenvalue weighted by Gasteiger charge is 2.41. The molecule has 1 N–H and O–H groups in total. The molecule has 0 radical (unpaired) electrons. The zero-order chi connectivity index (χ0) is 21.3. The standard InChI is InChI=1S/C22H29N3O4/c1-6-12-24-14(2)10-11-18(20(24)27)25-13-16-15(19(25)26)8-7-9-17(16)23-21(28)29-22(3,4)5/h7-9,18H,2,6,10-13H2,1,3-5H3,(H,23,28). The molecule has 0 aliphatic carbocycles. The number of allylic oxidation sites excluding steroid dienone is 1. The Morgan fingerprint density at radius 3 is 2.69 bits per heavy atom. The van der Waals surface area contributed by atoms with Crippen LogP contribution in [-0.2, 0) is 16.1 Å². The second-order valence-electron chi connectivity index (χ2n) is 8.50. The van der Waals surface area contributed by atoms with E-state index in [2.05, 4.69) is 11.9 Å². The molecule has 7 nitrogen and oxygen atoms in total. The second-order valence-corrected chi connectivity index (χ2v) is 8.50. The fraction of sp³-hybridized carbons (Fsp3) is 0.500. The van der Waals surface area contributed by atoms with Gasteiger partial charge in [-0.2, -0.15) is 0 Å². The van der Waals surface area contributed by atoms with Crippen LogP contribution in [0.4, 0.5) is 10.5 Å². The quantitative estimate of drug-likeness (QED) is 0.833. The van der Waals surface area contributed by atoms with Crippen LogP contribution >= 0.6 is 0 Å². The minimum Gasteiger partial charge on any atom is -0.444 e. The number of nitrogens with zero attached hydrogens (tertiary/aromatic N) is 2. The van der Waals surface area contributed by atoms with E-state index in [1.165, 1.54) is 0 Å². The van der Waals surface area contributed by atoms with Crippen LogP contribution in [0.5, 0.6) is 0 Å². The maximum atomic E-state index is 13.0. The van der Waals surface area contributed by atoms with Gasteiger partial charge in [0.15, 0.2) is 0 Å². The highest BCUT2D eigenvalue weighted by molar-refractivity contribution is 6.03. The molecule has 0 bridgehead atoms. The largest absolute Gasteiger partial charge is 0.444 e. The number of benzene rings is 1. The summed E-state index contributed by atoms with van der Waals surface area (Å²) in [5, 5.41) is 2.74. The molecular weight excluding hydrogens is 370 g/mol. The Morgan fingerprint density at radius 1 is 1.31 bits per heavy atom. The Kier molecular flexibility index (Phi) is 5.68. The number of piperidine rings is 1. The zero-order valence-electron chi connectivity index (χ0n) is 17.6. The number of ether oxygens (including phenoxy) is 1. The van der Waals surface area contributed by atoms with Gasteiger partial charge >= 0.3 is 6.09 Å². The molecular formula is C22H29N3O4. The van der Waals surface area contributed by atoms with Gasteiger partial charge in [-0.3, -0.25) is 14.9 Å². The molecule has 1 fully saturated rings. The monoisotopic (exact) mass is 399 g/mol. The predicted octanol–water partition coefficient (Wildman–Crippen LogP) is 3.90. The summed E-state index contributed by atoms with van der Waals surface area (Å²) in [5.41, 5.74) is 1.94. The predicted molar refractivity (Wildman–Crippen MR) is 110 cm³/mol. The Hall–Kier alpha value is -2.83. The van der Waals surface area contributed by atoms with Crippen molar-refractivity contribution in [1.82, 2.24) is 9.80 Å². The lowest BCUT2D eigenvalue weighted by Crippen LogP contribution is -2.51. The fourth-order valence-corrected chi connectivity index (χ4v) is 3.82. The number of rotatable bonds is 4. The number of anilines is 1. The van der Waals surface area contributed by atoms with Gasteiger partial charge in [-0.1, -0.05) is 19.6 Å². The average Bonchev–Trinajstić information content (AvgIpc) is 2.95. The van der Waals surface area contributed by atoms with Crippen molar-refractivity contribution in [3.05, 3.63) is 41.6 Å². The number of likely N-dealkylation sites (tertiary alicyclic amines) is 1. The van der Waals surface area contributed by atoms with Crippen LogP contribution in [0.1, 0.15) is 62.9 Å². The van der Waals surface area contributed by atoms with Crippen molar-refractivity contribution in [2.24, 2.45) is 0 Å². The molecule has 1 atom stereocenters. The number of fused-ring (bicyclic) bond motifs is 1. The summed E-state index contributed by atoms with van der Waals surface area (Å²) in [5.74, 6) is -0.263. The molecule has 1 aromatic carbocycles. The van der Waals surface area contributed by atoms with Gasteiger partial charge in [0.2, 0.25) is 5.91 Å². The Bertz CT molecular complexity index is 856. The Balaban J connectivity index is 1.81. The first-order chi connectivity index (χ1) is 13.6. The maximum absolute atomic E-state index is 13.0. The van der Waals surface area contributed by atoms with Crippen LogP contribution in [0.25, 0.3) is 0 Å². The number of carbonyl (C=O) groups excluding carboxylic acids is 3. The summed E-state index contributed by atoms with van der Waals surface area (Å²) in [6, 6.07) is 4.68. The van der Waals surface area contributed by atoms with Gasteiger partial charge in [0.05, 0.1) is 0 Å². The molecule has 1 saturated heterocycles. The normalized spacial score (nSPS) is 19.4. The Morgan fingerprint density at radius 2 is 2.03 bits per heavy atom. The van der Waals surface area contributed by atoms with Crippen LogP contribution in [0.3, 0.4) is 0 Å². The van der Waals surface area contributed by atoms with Crippen molar-refractivity contribution in [3.63, 3.8) is 0 Å². The van der Waals surface area contributed by atoms with Crippen LogP contribution in [-0.4, -0.2) is 45.9 Å². The second kappa shape index (κ2) is 7.89. The molecule has 2 heterocycles. The molecule has 0 aromatic heterocycles. The first-order valence-electron chi connectivity index (χ1n) is 10.0. The van der Waals surface area contributed by atoms with Crippen LogP contribution in [0.2, 0.25) is 0 Å². The van der Waals surface area contributed by atoms with Crippen molar-refractivity contribution in [2.75, 3.05) is 11.9 Å². The number of nitrogens with one attached hydrogen (secondary N) is 1. The third kappa shape index (κ3) is 4.28. The SMILES string of the molecule is C=C1CCC(N2Cc3c(NC(=O)OC(C)(C)C)cccc3C2=O)C(=O)N1CCC. The van der Waals surface area contributed by atoms with E-state index >= 15 is 0 Å². The minimum absolute atomic E-state index is 0.0779. The first-order valence-corrected chi connectivity index (χ1v) is 10.0. The van der Waals surface area contributed by atoms with Crippen molar-refractivity contribution in [2.45, 2.75) is 65.1 Å². The topological polar surface area (TPSA) is 79.0 Å². The third-order valence-electron chi connectivity index (χ3n) is 5.09. The lowest BCUT2D eigenvalue weighted by atomic mass is 10.0. The molecule has 0 saturated carbocycles. The fourth-order valence-electron chi connectivity index (χ4n) is 3.82. The Labute approximate surface area is 171 Å². The van der Waals surface area contributed by atoms with Gasteiger partial charge in [0.25, 0.3) is 5.91 Å². The third-order valence-corrected chi connectivity index (χ3v) is 5.09. The van der Waals surface area contributed by atoms with Gasteiger partial charge in [0, 0.05) is 35.6 Å². The van der Waals surface area contributed by atoms with Crippen LogP contribution in [0, 0.1) is 0 Å². The van der Waals surface area contributed by atoms with Crippen molar-refractivity contribution in [1.29, 1.82) is 0 Å². The highest BCUT2D eigenvalue weighted by atomic mass is 16.6. The molecule has 1 aromatic rings. The van der Waals surface area contributed by atoms with Crippen LogP contribution < -0.4 is 5.32 Å². The van der Waals surface area contributed by atoms with E-state index in [4.69, 9.17) is 4.74 Å². The molecule has 1 unspecified atom stereocenters. The molecule has 156 valence electrons. The molecule has 3 rings (SSSR count). The van der Waals surface area contributed by atoms with Gasteiger partial charge in [-0.15, -0.1) is 0 Å². The van der Waals surface area contributed by atoms with Gasteiger partial charge in [-0.05, 0) is 52.2 Å². The number of carbonyl (C=O) groups is 3. The zero-order valence-corrected chi connectivity index (χ0v) is 17.6. The summed E-state index contributed by atoms with van der Waals surface area (Å²) in [7, 11) is 0. The van der Waals surface area contributed by atoms with E-state index < -0.39 is 17.7 Å². The summed E-state index contributed by atoms with van der Waals surface area (Å²) in [6.45, 7) is 12.3. The molecule has 7 heteroatoms. The molecule has 29 heavy (non-hydrogen) atoms. The summed E-state index contributed by atoms with van der Waals surface area (Å²) in [6.07, 6.45) is 1.50. The van der Waals surface area contributed by atoms with E-state index in [-0.39, 0.29) is 18.4 Å². The lowest BCUT2D eigenvalue weighted by Gasteiger charge is -2.37. The summed E-state index contributed by atoms with van der Waals surface area (Å²) < 4.78 is 5.32. The van der Waals surface area contributed by atoms with E-state index in [0.29, 0.717) is 36.2 Å². The number of hydrogen-bond donors (Lipinski definition) is 1. The molecule has 2 aliphatic rings. The van der Waals surface area contributed by atoms with Crippen molar-refractivity contribution in [3.8, 4) is 0 Å².